The Labute approximate surface area is 86.9 Å². The first kappa shape index (κ1) is 12.4. The Kier molecular flexibility index (Phi) is 5.24. The molecule has 0 fully saturated rings. The molecule has 1 rings (SSSR count). The van der Waals surface area contributed by atoms with Gasteiger partial charge in [-0.05, 0) is 17.7 Å². The molecule has 0 unspecified atom stereocenters. The molecule has 0 saturated carbocycles. The van der Waals surface area contributed by atoms with E-state index in [1.54, 1.807) is 12.1 Å². The molecular formula is C8H10ClFN4. The standard InChI is InChI=1S/C8H9FN4.ClH/c9-7-3-1-2-6(4-7)5-12-13-8(10)11;/h1-5H,(H4,10,11,13);1H/b12-5+;. The second kappa shape index (κ2) is 5.93. The van der Waals surface area contributed by atoms with Crippen molar-refractivity contribution in [2.24, 2.45) is 21.7 Å². The second-order valence-electron chi connectivity index (χ2n) is 2.32. The van der Waals surface area contributed by atoms with Crippen molar-refractivity contribution in [3.63, 3.8) is 0 Å². The highest BCUT2D eigenvalue weighted by Gasteiger charge is 1.89. The second-order valence-corrected chi connectivity index (χ2v) is 2.32. The molecule has 1 aromatic carbocycles. The molecule has 6 heteroatoms. The molecule has 4 nitrogen and oxygen atoms in total. The van der Waals surface area contributed by atoms with E-state index in [1.807, 2.05) is 0 Å². The molecule has 4 N–H and O–H groups in total. The number of nitrogens with two attached hydrogens (primary N) is 2. The van der Waals surface area contributed by atoms with Gasteiger partial charge >= 0.3 is 0 Å². The lowest BCUT2D eigenvalue weighted by molar-refractivity contribution is 0.627. The van der Waals surface area contributed by atoms with Crippen molar-refractivity contribution in [1.29, 1.82) is 0 Å². The van der Waals surface area contributed by atoms with Gasteiger partial charge in [0.25, 0.3) is 0 Å². The largest absolute Gasteiger partial charge is 0.369 e. The Bertz CT molecular complexity index is 347. The molecule has 0 aliphatic heterocycles. The molecule has 0 aliphatic carbocycles. The molecule has 0 amide bonds. The van der Waals surface area contributed by atoms with E-state index in [2.05, 4.69) is 10.2 Å². The molecule has 0 aromatic heterocycles. The van der Waals surface area contributed by atoms with E-state index >= 15 is 0 Å². The molecule has 0 atom stereocenters. The fraction of sp³-hybridized carbons (Fsp3) is 0. The highest BCUT2D eigenvalue weighted by atomic mass is 35.5. The quantitative estimate of drug-likeness (QED) is 0.437. The molecule has 0 spiro atoms. The van der Waals surface area contributed by atoms with Gasteiger partial charge in [-0.1, -0.05) is 12.1 Å². The van der Waals surface area contributed by atoms with E-state index in [9.17, 15) is 4.39 Å². The summed E-state index contributed by atoms with van der Waals surface area (Å²) in [6.07, 6.45) is 1.36. The normalized spacial score (nSPS) is 9.50. The molecule has 1 aromatic rings. The topological polar surface area (TPSA) is 76.8 Å². The van der Waals surface area contributed by atoms with Crippen LogP contribution in [0.15, 0.2) is 34.5 Å². The van der Waals surface area contributed by atoms with E-state index in [4.69, 9.17) is 11.5 Å². The van der Waals surface area contributed by atoms with Gasteiger partial charge in [-0.3, -0.25) is 0 Å². The number of halogens is 2. The van der Waals surface area contributed by atoms with E-state index < -0.39 is 0 Å². The zero-order valence-corrected chi connectivity index (χ0v) is 8.04. The van der Waals surface area contributed by atoms with Gasteiger partial charge in [0.1, 0.15) is 5.82 Å². The van der Waals surface area contributed by atoms with E-state index in [0.717, 1.165) is 0 Å². The average molecular weight is 217 g/mol. The van der Waals surface area contributed by atoms with Crippen LogP contribution in [0.3, 0.4) is 0 Å². The lowest BCUT2D eigenvalue weighted by atomic mass is 10.2. The molecular weight excluding hydrogens is 207 g/mol. The van der Waals surface area contributed by atoms with Gasteiger partial charge < -0.3 is 11.5 Å². The summed E-state index contributed by atoms with van der Waals surface area (Å²) in [5, 5.41) is 6.90. The number of nitrogens with zero attached hydrogens (tertiary/aromatic N) is 2. The van der Waals surface area contributed by atoms with Crippen LogP contribution in [0.2, 0.25) is 0 Å². The summed E-state index contributed by atoms with van der Waals surface area (Å²) in [6.45, 7) is 0. The van der Waals surface area contributed by atoms with Crippen LogP contribution >= 0.6 is 12.4 Å². The highest BCUT2D eigenvalue weighted by Crippen LogP contribution is 2.00. The summed E-state index contributed by atoms with van der Waals surface area (Å²) >= 11 is 0. The predicted octanol–water partition coefficient (Wildman–Crippen LogP) is 0.855. The SMILES string of the molecule is Cl.NC(N)=N/N=C/c1cccc(F)c1. The van der Waals surface area contributed by atoms with Crippen molar-refractivity contribution in [3.8, 4) is 0 Å². The van der Waals surface area contributed by atoms with Gasteiger partial charge in [-0.25, -0.2) is 4.39 Å². The maximum atomic E-state index is 12.6. The fourth-order valence-electron chi connectivity index (χ4n) is 0.749. The molecule has 0 heterocycles. The van der Waals surface area contributed by atoms with Crippen LogP contribution in [0.5, 0.6) is 0 Å². The summed E-state index contributed by atoms with van der Waals surface area (Å²) < 4.78 is 12.6. The van der Waals surface area contributed by atoms with Crippen LogP contribution in [0, 0.1) is 5.82 Å². The third-order valence-corrected chi connectivity index (χ3v) is 1.23. The minimum absolute atomic E-state index is 0. The van der Waals surface area contributed by atoms with Crippen molar-refractivity contribution in [3.05, 3.63) is 35.6 Å². The minimum Gasteiger partial charge on any atom is -0.369 e. The fourth-order valence-corrected chi connectivity index (χ4v) is 0.749. The number of rotatable bonds is 2. The maximum Gasteiger partial charge on any atom is 0.211 e. The summed E-state index contributed by atoms with van der Waals surface area (Å²) in [7, 11) is 0. The van der Waals surface area contributed by atoms with Crippen molar-refractivity contribution in [2.45, 2.75) is 0 Å². The molecule has 76 valence electrons. The summed E-state index contributed by atoms with van der Waals surface area (Å²) in [5.74, 6) is -0.457. The van der Waals surface area contributed by atoms with Crippen molar-refractivity contribution in [1.82, 2.24) is 0 Å². The molecule has 14 heavy (non-hydrogen) atoms. The number of benzene rings is 1. The zero-order chi connectivity index (χ0) is 9.68. The van der Waals surface area contributed by atoms with Crippen LogP contribution in [0.1, 0.15) is 5.56 Å². The molecule has 0 bridgehead atoms. The van der Waals surface area contributed by atoms with Crippen LogP contribution in [0.4, 0.5) is 4.39 Å². The Balaban J connectivity index is 0.00000169. The van der Waals surface area contributed by atoms with Crippen molar-refractivity contribution in [2.75, 3.05) is 0 Å². The minimum atomic E-state index is -0.325. The summed E-state index contributed by atoms with van der Waals surface area (Å²) in [5.41, 5.74) is 10.7. The lowest BCUT2D eigenvalue weighted by Crippen LogP contribution is -2.21. The van der Waals surface area contributed by atoms with Crippen LogP contribution in [-0.4, -0.2) is 12.2 Å². The lowest BCUT2D eigenvalue weighted by Gasteiger charge is -1.90. The van der Waals surface area contributed by atoms with Gasteiger partial charge in [0.15, 0.2) is 0 Å². The predicted molar refractivity (Wildman–Crippen MR) is 57.1 cm³/mol. The van der Waals surface area contributed by atoms with Gasteiger partial charge in [0.2, 0.25) is 5.96 Å². The monoisotopic (exact) mass is 216 g/mol. The highest BCUT2D eigenvalue weighted by molar-refractivity contribution is 5.85. The molecule has 0 aliphatic rings. The summed E-state index contributed by atoms with van der Waals surface area (Å²) in [4.78, 5) is 0. The number of guanidine groups is 1. The van der Waals surface area contributed by atoms with Gasteiger partial charge in [0.05, 0.1) is 6.21 Å². The first-order chi connectivity index (χ1) is 6.18. The molecule has 0 radical (unpaired) electrons. The average Bonchev–Trinajstić information content (AvgIpc) is 2.03. The molecule has 0 saturated heterocycles. The zero-order valence-electron chi connectivity index (χ0n) is 7.22. The third kappa shape index (κ3) is 4.42. The number of hydrogen-bond acceptors (Lipinski definition) is 2. The first-order valence-corrected chi connectivity index (χ1v) is 3.56. The Morgan fingerprint density at radius 3 is 2.64 bits per heavy atom. The third-order valence-electron chi connectivity index (χ3n) is 1.23. The Hall–Kier alpha value is -1.62. The van der Waals surface area contributed by atoms with Crippen LogP contribution < -0.4 is 11.5 Å². The van der Waals surface area contributed by atoms with E-state index in [1.165, 1.54) is 18.3 Å². The van der Waals surface area contributed by atoms with E-state index in [-0.39, 0.29) is 24.2 Å². The first-order valence-electron chi connectivity index (χ1n) is 3.56. The van der Waals surface area contributed by atoms with Gasteiger partial charge in [-0.2, -0.15) is 5.10 Å². The summed E-state index contributed by atoms with van der Waals surface area (Å²) in [6, 6.07) is 5.94. The maximum absolute atomic E-state index is 12.6. The van der Waals surface area contributed by atoms with Crippen molar-refractivity contribution >= 4 is 24.6 Å². The van der Waals surface area contributed by atoms with Crippen molar-refractivity contribution < 1.29 is 4.39 Å². The Morgan fingerprint density at radius 1 is 1.36 bits per heavy atom. The number of hydrogen-bond donors (Lipinski definition) is 2. The smallest absolute Gasteiger partial charge is 0.211 e. The van der Waals surface area contributed by atoms with Gasteiger partial charge in [-0.15, -0.1) is 17.5 Å². The van der Waals surface area contributed by atoms with Crippen LogP contribution in [0.25, 0.3) is 0 Å². The van der Waals surface area contributed by atoms with Crippen LogP contribution in [-0.2, 0) is 0 Å². The van der Waals surface area contributed by atoms with E-state index in [0.29, 0.717) is 5.56 Å². The van der Waals surface area contributed by atoms with Gasteiger partial charge in [0, 0.05) is 0 Å². The Morgan fingerprint density at radius 2 is 2.07 bits per heavy atom.